The van der Waals surface area contributed by atoms with Crippen LogP contribution in [0, 0.1) is 0 Å². The molecule has 0 saturated carbocycles. The van der Waals surface area contributed by atoms with Crippen molar-refractivity contribution in [1.29, 1.82) is 0 Å². The van der Waals surface area contributed by atoms with Gasteiger partial charge < -0.3 is 4.74 Å². The van der Waals surface area contributed by atoms with Crippen molar-refractivity contribution in [2.24, 2.45) is 0 Å². The highest BCUT2D eigenvalue weighted by atomic mass is 16.5. The van der Waals surface area contributed by atoms with Crippen molar-refractivity contribution in [2.45, 2.75) is 51.7 Å². The van der Waals surface area contributed by atoms with Crippen molar-refractivity contribution in [1.82, 2.24) is 0 Å². The third kappa shape index (κ3) is 11.2. The Labute approximate surface area is 107 Å². The maximum Gasteiger partial charge on any atom is 0.0553 e. The third-order valence-electron chi connectivity index (χ3n) is 2.49. The second-order valence-electron chi connectivity index (χ2n) is 4.24. The minimum absolute atomic E-state index is 0.322. The van der Waals surface area contributed by atoms with Gasteiger partial charge in [-0.2, -0.15) is 0 Å². The maximum absolute atomic E-state index is 5.89. The third-order valence-corrected chi connectivity index (χ3v) is 2.49. The Balaban J connectivity index is 3.60. The van der Waals surface area contributed by atoms with Crippen LogP contribution in [0.25, 0.3) is 0 Å². The number of hydrogen-bond donors (Lipinski definition) is 0. The van der Waals surface area contributed by atoms with E-state index >= 15 is 0 Å². The standard InChI is InChI=1S/C16H26O/c1-5-7-9-11-13-15(3)17-16(4)14-12-10-8-6-2/h5-10,15-16H,1-2,11-14H2,3-4H3. The molecule has 0 saturated heterocycles. The first-order valence-corrected chi connectivity index (χ1v) is 6.41. The van der Waals surface area contributed by atoms with Crippen LogP contribution in [0.5, 0.6) is 0 Å². The number of allylic oxidation sites excluding steroid dienone is 6. The van der Waals surface area contributed by atoms with E-state index in [9.17, 15) is 0 Å². The van der Waals surface area contributed by atoms with E-state index in [0.29, 0.717) is 12.2 Å². The molecule has 1 heteroatoms. The van der Waals surface area contributed by atoms with Crippen LogP contribution in [0.1, 0.15) is 39.5 Å². The van der Waals surface area contributed by atoms with Crippen LogP contribution < -0.4 is 0 Å². The summed E-state index contributed by atoms with van der Waals surface area (Å²) in [5.74, 6) is 0. The lowest BCUT2D eigenvalue weighted by atomic mass is 10.1. The van der Waals surface area contributed by atoms with Crippen LogP contribution in [0.3, 0.4) is 0 Å². The summed E-state index contributed by atoms with van der Waals surface area (Å²) in [5.41, 5.74) is 0. The van der Waals surface area contributed by atoms with Crippen molar-refractivity contribution in [2.75, 3.05) is 0 Å². The lowest BCUT2D eigenvalue weighted by Crippen LogP contribution is -2.16. The zero-order valence-corrected chi connectivity index (χ0v) is 11.3. The zero-order chi connectivity index (χ0) is 12.9. The lowest BCUT2D eigenvalue weighted by molar-refractivity contribution is 0.00115. The normalized spacial score (nSPS) is 15.2. The van der Waals surface area contributed by atoms with Gasteiger partial charge in [-0.05, 0) is 39.5 Å². The van der Waals surface area contributed by atoms with Gasteiger partial charge in [-0.15, -0.1) is 0 Å². The van der Waals surface area contributed by atoms with E-state index in [0.717, 1.165) is 25.7 Å². The summed E-state index contributed by atoms with van der Waals surface area (Å²) in [6, 6.07) is 0. The van der Waals surface area contributed by atoms with E-state index in [1.54, 1.807) is 12.2 Å². The van der Waals surface area contributed by atoms with Crippen LogP contribution in [-0.2, 0) is 4.74 Å². The molecule has 0 N–H and O–H groups in total. The molecular formula is C16H26O. The van der Waals surface area contributed by atoms with Gasteiger partial charge in [0.25, 0.3) is 0 Å². The fraction of sp³-hybridized carbons (Fsp3) is 0.500. The summed E-state index contributed by atoms with van der Waals surface area (Å²) in [4.78, 5) is 0. The van der Waals surface area contributed by atoms with E-state index in [4.69, 9.17) is 4.74 Å². The minimum atomic E-state index is 0.322. The van der Waals surface area contributed by atoms with Crippen LogP contribution in [0.2, 0.25) is 0 Å². The summed E-state index contributed by atoms with van der Waals surface area (Å²) in [6.45, 7) is 11.6. The summed E-state index contributed by atoms with van der Waals surface area (Å²) in [6.07, 6.45) is 16.7. The lowest BCUT2D eigenvalue weighted by Gasteiger charge is -2.18. The molecule has 0 aromatic carbocycles. The molecule has 17 heavy (non-hydrogen) atoms. The molecule has 0 fully saturated rings. The average molecular weight is 234 g/mol. The van der Waals surface area contributed by atoms with Gasteiger partial charge in [0.15, 0.2) is 0 Å². The zero-order valence-electron chi connectivity index (χ0n) is 11.3. The molecule has 0 amide bonds. The summed E-state index contributed by atoms with van der Waals surface area (Å²) < 4.78 is 5.89. The van der Waals surface area contributed by atoms with Crippen molar-refractivity contribution in [3.05, 3.63) is 49.6 Å². The molecule has 1 nitrogen and oxygen atoms in total. The van der Waals surface area contributed by atoms with Crippen molar-refractivity contribution >= 4 is 0 Å². The predicted molar refractivity (Wildman–Crippen MR) is 77.2 cm³/mol. The van der Waals surface area contributed by atoms with Crippen LogP contribution >= 0.6 is 0 Å². The van der Waals surface area contributed by atoms with Crippen LogP contribution in [-0.4, -0.2) is 12.2 Å². The van der Waals surface area contributed by atoms with Crippen molar-refractivity contribution in [3.63, 3.8) is 0 Å². The highest BCUT2D eigenvalue weighted by Gasteiger charge is 2.06. The molecule has 0 spiro atoms. The van der Waals surface area contributed by atoms with Gasteiger partial charge in [0, 0.05) is 0 Å². The van der Waals surface area contributed by atoms with E-state index in [1.807, 2.05) is 12.2 Å². The Morgan fingerprint density at radius 2 is 1.29 bits per heavy atom. The van der Waals surface area contributed by atoms with E-state index in [-0.39, 0.29) is 0 Å². The number of hydrogen-bond acceptors (Lipinski definition) is 1. The summed E-state index contributed by atoms with van der Waals surface area (Å²) in [5, 5.41) is 0. The minimum Gasteiger partial charge on any atom is -0.376 e. The molecule has 0 aliphatic carbocycles. The molecule has 0 heterocycles. The maximum atomic E-state index is 5.89. The largest absolute Gasteiger partial charge is 0.376 e. The molecule has 0 aromatic heterocycles. The smallest absolute Gasteiger partial charge is 0.0553 e. The molecule has 0 aromatic rings. The molecule has 2 unspecified atom stereocenters. The van der Waals surface area contributed by atoms with E-state index in [2.05, 4.69) is 39.2 Å². The Hall–Kier alpha value is -1.08. The van der Waals surface area contributed by atoms with Gasteiger partial charge in [-0.3, -0.25) is 0 Å². The van der Waals surface area contributed by atoms with Crippen LogP contribution in [0.4, 0.5) is 0 Å². The summed E-state index contributed by atoms with van der Waals surface area (Å²) >= 11 is 0. The topological polar surface area (TPSA) is 9.23 Å². The van der Waals surface area contributed by atoms with Gasteiger partial charge in [-0.1, -0.05) is 49.6 Å². The van der Waals surface area contributed by atoms with Gasteiger partial charge in [0.2, 0.25) is 0 Å². The molecule has 96 valence electrons. The fourth-order valence-corrected chi connectivity index (χ4v) is 1.58. The highest BCUT2D eigenvalue weighted by Crippen LogP contribution is 2.10. The Morgan fingerprint density at radius 1 is 0.882 bits per heavy atom. The molecule has 0 rings (SSSR count). The predicted octanol–water partition coefficient (Wildman–Crippen LogP) is 4.82. The van der Waals surface area contributed by atoms with E-state index in [1.165, 1.54) is 0 Å². The average Bonchev–Trinajstić information content (AvgIpc) is 2.30. The molecular weight excluding hydrogens is 208 g/mol. The molecule has 0 bridgehead atoms. The molecule has 0 radical (unpaired) electrons. The van der Waals surface area contributed by atoms with Gasteiger partial charge in [-0.25, -0.2) is 0 Å². The monoisotopic (exact) mass is 234 g/mol. The fourth-order valence-electron chi connectivity index (χ4n) is 1.58. The highest BCUT2D eigenvalue weighted by molar-refractivity contribution is 4.97. The first-order valence-electron chi connectivity index (χ1n) is 6.41. The van der Waals surface area contributed by atoms with E-state index < -0.39 is 0 Å². The van der Waals surface area contributed by atoms with Gasteiger partial charge in [0.05, 0.1) is 12.2 Å². The quantitative estimate of drug-likeness (QED) is 0.492. The van der Waals surface area contributed by atoms with Crippen LogP contribution in [0.15, 0.2) is 49.6 Å². The first kappa shape index (κ1) is 15.9. The first-order chi connectivity index (χ1) is 8.20. The van der Waals surface area contributed by atoms with Crippen molar-refractivity contribution in [3.8, 4) is 0 Å². The number of rotatable bonds is 10. The second-order valence-corrected chi connectivity index (χ2v) is 4.24. The Morgan fingerprint density at radius 3 is 1.65 bits per heavy atom. The van der Waals surface area contributed by atoms with Gasteiger partial charge >= 0.3 is 0 Å². The Kier molecular flexibility index (Phi) is 10.7. The van der Waals surface area contributed by atoms with Crippen molar-refractivity contribution < 1.29 is 4.74 Å². The molecule has 0 aliphatic rings. The molecule has 2 atom stereocenters. The second kappa shape index (κ2) is 11.4. The SMILES string of the molecule is C=CC=CCCC(C)OC(C)CCC=CC=C. The summed E-state index contributed by atoms with van der Waals surface area (Å²) in [7, 11) is 0. The van der Waals surface area contributed by atoms with Gasteiger partial charge in [0.1, 0.15) is 0 Å². The molecule has 0 aliphatic heterocycles. The number of ether oxygens (including phenoxy) is 1. The Bertz CT molecular complexity index is 224.